The average molecular weight is 668 g/mol. The second kappa shape index (κ2) is 34.7. The van der Waals surface area contributed by atoms with Crippen LogP contribution in [0.5, 0.6) is 5.75 Å². The first-order valence-electron chi connectivity index (χ1n) is 18.3. The van der Waals surface area contributed by atoms with Crippen LogP contribution in [0.15, 0.2) is 67.6 Å². The zero-order chi connectivity index (χ0) is 37.2. The predicted molar refractivity (Wildman–Crippen MR) is 217 cm³/mol. The number of anilines is 1. The van der Waals surface area contributed by atoms with Gasteiger partial charge in [-0.1, -0.05) is 81.0 Å². The molecule has 274 valence electrons. The van der Waals surface area contributed by atoms with E-state index in [1.807, 2.05) is 68.5 Å². The number of hydrogen-bond acceptors (Lipinski definition) is 7. The average Bonchev–Trinajstić information content (AvgIpc) is 3.96. The van der Waals surface area contributed by atoms with Crippen molar-refractivity contribution >= 4 is 24.2 Å². The van der Waals surface area contributed by atoms with E-state index in [1.54, 1.807) is 12.3 Å². The summed E-state index contributed by atoms with van der Waals surface area (Å²) < 4.78 is 5.94. The van der Waals surface area contributed by atoms with Crippen LogP contribution in [0.2, 0.25) is 0 Å². The summed E-state index contributed by atoms with van der Waals surface area (Å²) >= 11 is 0. The molecule has 0 amide bonds. The molecule has 0 spiro atoms. The van der Waals surface area contributed by atoms with Crippen molar-refractivity contribution in [1.82, 2.24) is 25.9 Å². The molecule has 4 rings (SSSR count). The fourth-order valence-corrected chi connectivity index (χ4v) is 4.57. The van der Waals surface area contributed by atoms with E-state index in [2.05, 4.69) is 107 Å². The Kier molecular flexibility index (Phi) is 35.3. The Balaban J connectivity index is -0.000000764. The molecule has 1 fully saturated rings. The Hall–Kier alpha value is -3.62. The molecule has 8 heteroatoms. The molecule has 2 aliphatic heterocycles. The van der Waals surface area contributed by atoms with Gasteiger partial charge in [0.1, 0.15) is 11.6 Å². The predicted octanol–water partition coefficient (Wildman–Crippen LogP) is 10.2. The SMILES string of the molecule is C=C.C=Cc1cnc(C2CCCN2)[nH]1.C=N/C=C(\NCCNCCC)c1ccc(N2C=CCC2C)c(OCC)c1.CC.CC.CC.CC. The van der Waals surface area contributed by atoms with E-state index >= 15 is 0 Å². The van der Waals surface area contributed by atoms with E-state index in [4.69, 9.17) is 4.74 Å². The van der Waals surface area contributed by atoms with Crippen LogP contribution in [0.3, 0.4) is 0 Å². The number of nitrogens with one attached hydrogen (secondary N) is 4. The number of H-pyrrole nitrogens is 1. The maximum absolute atomic E-state index is 5.94. The third kappa shape index (κ3) is 18.6. The third-order valence-corrected chi connectivity index (χ3v) is 6.56. The molecule has 2 atom stereocenters. The minimum Gasteiger partial charge on any atom is -0.492 e. The number of aromatic nitrogens is 2. The van der Waals surface area contributed by atoms with Crippen LogP contribution in [-0.4, -0.2) is 55.5 Å². The highest BCUT2D eigenvalue weighted by atomic mass is 16.5. The van der Waals surface area contributed by atoms with Gasteiger partial charge in [-0.3, -0.25) is 4.99 Å². The van der Waals surface area contributed by atoms with Crippen LogP contribution >= 0.6 is 0 Å². The molecule has 8 nitrogen and oxygen atoms in total. The molecule has 2 aromatic rings. The summed E-state index contributed by atoms with van der Waals surface area (Å²) in [6.45, 7) is 40.2. The second-order valence-electron chi connectivity index (χ2n) is 9.47. The molecule has 3 heterocycles. The van der Waals surface area contributed by atoms with Crippen molar-refractivity contribution in [3.63, 3.8) is 0 Å². The first-order valence-corrected chi connectivity index (χ1v) is 18.3. The first kappa shape index (κ1) is 48.8. The fraction of sp³-hybridized carbons (Fsp3) is 0.550. The monoisotopic (exact) mass is 668 g/mol. The van der Waals surface area contributed by atoms with E-state index < -0.39 is 0 Å². The van der Waals surface area contributed by atoms with Crippen molar-refractivity contribution in [2.24, 2.45) is 4.99 Å². The minimum atomic E-state index is 0.429. The van der Waals surface area contributed by atoms with Gasteiger partial charge in [-0.15, -0.1) is 13.2 Å². The lowest BCUT2D eigenvalue weighted by atomic mass is 10.1. The molecule has 4 N–H and O–H groups in total. The topological polar surface area (TPSA) is 89.6 Å². The number of rotatable bonds is 13. The van der Waals surface area contributed by atoms with E-state index in [0.717, 1.165) is 73.2 Å². The molecule has 1 aromatic carbocycles. The maximum atomic E-state index is 5.94. The van der Waals surface area contributed by atoms with Crippen molar-refractivity contribution in [3.05, 3.63) is 79.7 Å². The smallest absolute Gasteiger partial charge is 0.143 e. The second-order valence-corrected chi connectivity index (χ2v) is 9.47. The zero-order valence-electron chi connectivity index (χ0n) is 32.7. The van der Waals surface area contributed by atoms with Gasteiger partial charge in [0, 0.05) is 37.1 Å². The van der Waals surface area contributed by atoms with Crippen LogP contribution in [0.25, 0.3) is 11.8 Å². The highest BCUT2D eigenvalue weighted by Crippen LogP contribution is 2.35. The van der Waals surface area contributed by atoms with Gasteiger partial charge in [-0.2, -0.15) is 0 Å². The molecular formula is C40H73N7O. The fourth-order valence-electron chi connectivity index (χ4n) is 4.57. The normalized spacial score (nSPS) is 15.4. The lowest BCUT2D eigenvalue weighted by Crippen LogP contribution is -2.27. The molecule has 0 bridgehead atoms. The van der Waals surface area contributed by atoms with Crippen LogP contribution in [0.4, 0.5) is 5.69 Å². The molecule has 48 heavy (non-hydrogen) atoms. The van der Waals surface area contributed by atoms with Crippen LogP contribution in [0, 0.1) is 0 Å². The lowest BCUT2D eigenvalue weighted by molar-refractivity contribution is 0.340. The number of benzene rings is 1. The van der Waals surface area contributed by atoms with Crippen LogP contribution in [-0.2, 0) is 0 Å². The van der Waals surface area contributed by atoms with Crippen molar-refractivity contribution in [2.45, 2.75) is 114 Å². The quantitative estimate of drug-likeness (QED) is 0.0966. The van der Waals surface area contributed by atoms with Crippen LogP contribution < -0.4 is 25.6 Å². The van der Waals surface area contributed by atoms with E-state index in [9.17, 15) is 0 Å². The Bertz CT molecular complexity index is 1090. The summed E-state index contributed by atoms with van der Waals surface area (Å²) in [5, 5.41) is 10.2. The number of nitrogens with zero attached hydrogens (tertiary/aromatic N) is 3. The van der Waals surface area contributed by atoms with Gasteiger partial charge in [0.2, 0.25) is 0 Å². The van der Waals surface area contributed by atoms with Crippen molar-refractivity contribution in [3.8, 4) is 5.75 Å². The van der Waals surface area contributed by atoms with E-state index in [1.165, 1.54) is 12.8 Å². The highest BCUT2D eigenvalue weighted by molar-refractivity contribution is 5.72. The first-order chi connectivity index (χ1) is 23.6. The summed E-state index contributed by atoms with van der Waals surface area (Å²) in [4.78, 5) is 13.7. The molecule has 2 unspecified atom stereocenters. The summed E-state index contributed by atoms with van der Waals surface area (Å²) in [7, 11) is 0. The summed E-state index contributed by atoms with van der Waals surface area (Å²) in [5.41, 5.74) is 4.11. The van der Waals surface area contributed by atoms with Crippen molar-refractivity contribution in [2.75, 3.05) is 37.7 Å². The number of ether oxygens (including phenoxy) is 1. The van der Waals surface area contributed by atoms with E-state index in [-0.39, 0.29) is 0 Å². The Morgan fingerprint density at radius 2 is 1.75 bits per heavy atom. The third-order valence-electron chi connectivity index (χ3n) is 6.56. The van der Waals surface area contributed by atoms with E-state index in [0.29, 0.717) is 18.7 Å². The van der Waals surface area contributed by atoms with Gasteiger partial charge in [-0.05, 0) is 77.5 Å². The highest BCUT2D eigenvalue weighted by Gasteiger charge is 2.20. The zero-order valence-corrected chi connectivity index (χ0v) is 32.7. The lowest BCUT2D eigenvalue weighted by Gasteiger charge is -2.25. The molecule has 0 aliphatic carbocycles. The van der Waals surface area contributed by atoms with Gasteiger partial charge in [-0.25, -0.2) is 4.98 Å². The maximum Gasteiger partial charge on any atom is 0.143 e. The molecule has 1 aromatic heterocycles. The summed E-state index contributed by atoms with van der Waals surface area (Å²) in [5.74, 6) is 1.94. The number of imidazole rings is 1. The van der Waals surface area contributed by atoms with Gasteiger partial charge in [0.05, 0.1) is 35.9 Å². The Morgan fingerprint density at radius 3 is 2.25 bits per heavy atom. The van der Waals surface area contributed by atoms with Gasteiger partial charge < -0.3 is 30.6 Å². The number of aromatic amines is 1. The molecule has 0 saturated carbocycles. The molecule has 0 radical (unpaired) electrons. The van der Waals surface area contributed by atoms with Crippen LogP contribution in [0.1, 0.15) is 125 Å². The molecule has 1 saturated heterocycles. The van der Waals surface area contributed by atoms with Gasteiger partial charge in [0.15, 0.2) is 0 Å². The summed E-state index contributed by atoms with van der Waals surface area (Å²) in [6, 6.07) is 7.20. The largest absolute Gasteiger partial charge is 0.492 e. The molecule has 2 aliphatic rings. The minimum absolute atomic E-state index is 0.429. The van der Waals surface area contributed by atoms with Gasteiger partial charge in [0.25, 0.3) is 0 Å². The van der Waals surface area contributed by atoms with Crippen molar-refractivity contribution < 1.29 is 4.74 Å². The Labute approximate surface area is 296 Å². The number of hydrogen-bond donors (Lipinski definition) is 4. The molecular weight excluding hydrogens is 594 g/mol. The standard InChI is InChI=1S/C21H32N4O.C9H13N3.4C2H6.C2H4/c1-5-11-23-12-13-24-19(16-22-4)18-9-10-20(21(15-18)26-6-2)25-14-7-8-17(25)3;1-2-7-6-11-9(12-7)8-4-3-5-10-8;5*1-2/h7,9-10,14-17,23-24H,4-6,8,11-13H2,1-3H3;2,6,8,10H,1,3-5H2,(H,11,12);4*1-2H3;1-2H2/b19-16-;;;;;;. The number of aliphatic imine (C=N–C) groups is 1. The Morgan fingerprint density at radius 1 is 1.06 bits per heavy atom. The van der Waals surface area contributed by atoms with Crippen molar-refractivity contribution in [1.29, 1.82) is 0 Å². The van der Waals surface area contributed by atoms with Gasteiger partial charge >= 0.3 is 0 Å². The summed E-state index contributed by atoms with van der Waals surface area (Å²) in [6.07, 6.45) is 14.3.